The molecule has 0 radical (unpaired) electrons. The van der Waals surface area contributed by atoms with Crippen molar-refractivity contribution in [2.75, 3.05) is 19.0 Å². The average Bonchev–Trinajstić information content (AvgIpc) is 2.63. The number of carbonyl (C=O) groups is 2. The number of benzene rings is 2. The number of anilines is 1. The molecular weight excluding hydrogens is 356 g/mol. The van der Waals surface area contributed by atoms with Crippen molar-refractivity contribution in [3.8, 4) is 5.75 Å². The maximum atomic E-state index is 12.4. The average molecular weight is 375 g/mol. The van der Waals surface area contributed by atoms with Gasteiger partial charge in [0.15, 0.2) is 0 Å². The van der Waals surface area contributed by atoms with E-state index in [9.17, 15) is 14.7 Å². The molecule has 0 fully saturated rings. The molecule has 2 aromatic carbocycles. The molecule has 0 aliphatic carbocycles. The minimum absolute atomic E-state index is 0.0350. The van der Waals surface area contributed by atoms with Crippen molar-refractivity contribution in [2.45, 2.75) is 6.10 Å². The number of ether oxygens (including phenoxy) is 1. The standard InChI is InChI=1S/C19H19ClN2O4/c1-3-18(24)22-14-7-8-16(23)15(10-14)19(25)21-11-17(26-2)12-5-4-6-13(20)9-12/h3-10,17,23H,1,11H2,2H3,(H,21,25)(H,22,24). The number of phenols is 1. The summed E-state index contributed by atoms with van der Waals surface area (Å²) in [6, 6.07) is 11.3. The number of aromatic hydroxyl groups is 1. The summed E-state index contributed by atoms with van der Waals surface area (Å²) in [4.78, 5) is 23.8. The molecule has 0 saturated heterocycles. The number of phenolic OH excluding ortho intramolecular Hbond substituents is 1. The number of amides is 2. The van der Waals surface area contributed by atoms with Gasteiger partial charge in [0.25, 0.3) is 5.91 Å². The van der Waals surface area contributed by atoms with Crippen LogP contribution in [0.15, 0.2) is 55.1 Å². The SMILES string of the molecule is C=CC(=O)Nc1ccc(O)c(C(=O)NCC(OC)c2cccc(Cl)c2)c1. The van der Waals surface area contributed by atoms with Crippen LogP contribution in [-0.4, -0.2) is 30.6 Å². The Labute approximate surface area is 156 Å². The van der Waals surface area contributed by atoms with Gasteiger partial charge in [-0.2, -0.15) is 0 Å². The van der Waals surface area contributed by atoms with E-state index in [0.717, 1.165) is 11.6 Å². The lowest BCUT2D eigenvalue weighted by molar-refractivity contribution is -0.111. The van der Waals surface area contributed by atoms with Crippen LogP contribution in [-0.2, 0) is 9.53 Å². The highest BCUT2D eigenvalue weighted by Crippen LogP contribution is 2.23. The van der Waals surface area contributed by atoms with E-state index in [4.69, 9.17) is 16.3 Å². The zero-order valence-corrected chi connectivity index (χ0v) is 14.9. The van der Waals surface area contributed by atoms with Gasteiger partial charge in [0.1, 0.15) is 5.75 Å². The Bertz CT molecular complexity index is 823. The maximum absolute atomic E-state index is 12.4. The molecule has 0 saturated carbocycles. The highest BCUT2D eigenvalue weighted by Gasteiger charge is 2.16. The van der Waals surface area contributed by atoms with Crippen LogP contribution >= 0.6 is 11.6 Å². The molecule has 2 aromatic rings. The summed E-state index contributed by atoms with van der Waals surface area (Å²) < 4.78 is 5.39. The third-order valence-electron chi connectivity index (χ3n) is 3.65. The number of hydrogen-bond acceptors (Lipinski definition) is 4. The van der Waals surface area contributed by atoms with Crippen molar-refractivity contribution in [3.05, 3.63) is 71.3 Å². The number of carbonyl (C=O) groups excluding carboxylic acids is 2. The third kappa shape index (κ3) is 5.08. The minimum Gasteiger partial charge on any atom is -0.507 e. The Kier molecular flexibility index (Phi) is 6.77. The van der Waals surface area contributed by atoms with Crippen LogP contribution in [0.3, 0.4) is 0 Å². The van der Waals surface area contributed by atoms with Gasteiger partial charge < -0.3 is 20.5 Å². The monoisotopic (exact) mass is 374 g/mol. The first-order chi connectivity index (χ1) is 12.4. The fourth-order valence-corrected chi connectivity index (χ4v) is 2.51. The summed E-state index contributed by atoms with van der Waals surface area (Å²) in [5.74, 6) is -1.11. The third-order valence-corrected chi connectivity index (χ3v) is 3.88. The number of halogens is 1. The van der Waals surface area contributed by atoms with Crippen molar-refractivity contribution in [3.63, 3.8) is 0 Å². The van der Waals surface area contributed by atoms with E-state index in [1.54, 1.807) is 18.2 Å². The fourth-order valence-electron chi connectivity index (χ4n) is 2.31. The molecule has 0 aliphatic rings. The Balaban J connectivity index is 2.10. The lowest BCUT2D eigenvalue weighted by atomic mass is 10.1. The number of nitrogens with one attached hydrogen (secondary N) is 2. The van der Waals surface area contributed by atoms with Gasteiger partial charge in [0.2, 0.25) is 5.91 Å². The fraction of sp³-hybridized carbons (Fsp3) is 0.158. The first-order valence-corrected chi connectivity index (χ1v) is 8.15. The van der Waals surface area contributed by atoms with Crippen LogP contribution in [0.5, 0.6) is 5.75 Å². The Hall–Kier alpha value is -2.83. The highest BCUT2D eigenvalue weighted by molar-refractivity contribution is 6.30. The zero-order valence-electron chi connectivity index (χ0n) is 14.2. The van der Waals surface area contributed by atoms with Gasteiger partial charge in [-0.3, -0.25) is 9.59 Å². The van der Waals surface area contributed by atoms with Crippen LogP contribution in [0.2, 0.25) is 5.02 Å². The summed E-state index contributed by atoms with van der Waals surface area (Å²) in [6.45, 7) is 3.54. The predicted molar refractivity (Wildman–Crippen MR) is 100 cm³/mol. The van der Waals surface area contributed by atoms with E-state index in [0.29, 0.717) is 10.7 Å². The molecule has 0 aliphatic heterocycles. The largest absolute Gasteiger partial charge is 0.507 e. The molecule has 6 nitrogen and oxygen atoms in total. The van der Waals surface area contributed by atoms with Gasteiger partial charge >= 0.3 is 0 Å². The molecule has 3 N–H and O–H groups in total. The van der Waals surface area contributed by atoms with Crippen LogP contribution in [0, 0.1) is 0 Å². The van der Waals surface area contributed by atoms with Crippen LogP contribution < -0.4 is 10.6 Å². The first-order valence-electron chi connectivity index (χ1n) is 7.77. The van der Waals surface area contributed by atoms with Crippen molar-refractivity contribution >= 4 is 29.1 Å². The molecule has 1 unspecified atom stereocenters. The van der Waals surface area contributed by atoms with E-state index in [2.05, 4.69) is 17.2 Å². The summed E-state index contributed by atoms with van der Waals surface area (Å²) in [6.07, 6.45) is 0.712. The molecule has 1 atom stereocenters. The molecule has 26 heavy (non-hydrogen) atoms. The maximum Gasteiger partial charge on any atom is 0.255 e. The Morgan fingerprint density at radius 1 is 1.31 bits per heavy atom. The van der Waals surface area contributed by atoms with E-state index in [1.165, 1.54) is 25.3 Å². The Morgan fingerprint density at radius 2 is 2.08 bits per heavy atom. The summed E-state index contributed by atoms with van der Waals surface area (Å²) in [7, 11) is 1.53. The van der Waals surface area contributed by atoms with Gasteiger partial charge in [-0.25, -0.2) is 0 Å². The Morgan fingerprint density at radius 3 is 2.73 bits per heavy atom. The van der Waals surface area contributed by atoms with Gasteiger partial charge in [0, 0.05) is 24.4 Å². The van der Waals surface area contributed by atoms with E-state index >= 15 is 0 Å². The van der Waals surface area contributed by atoms with E-state index in [-0.39, 0.29) is 17.9 Å². The molecule has 2 rings (SSSR count). The van der Waals surface area contributed by atoms with Gasteiger partial charge in [0.05, 0.1) is 11.7 Å². The van der Waals surface area contributed by atoms with E-state index in [1.807, 2.05) is 6.07 Å². The quantitative estimate of drug-likeness (QED) is 0.512. The predicted octanol–water partition coefficient (Wildman–Crippen LogP) is 3.29. The summed E-state index contributed by atoms with van der Waals surface area (Å²) >= 11 is 5.98. The summed E-state index contributed by atoms with van der Waals surface area (Å²) in [5, 5.41) is 15.7. The van der Waals surface area contributed by atoms with Crippen molar-refractivity contribution in [1.29, 1.82) is 0 Å². The molecule has 0 aromatic heterocycles. The lowest BCUT2D eigenvalue weighted by Gasteiger charge is -2.17. The molecule has 0 heterocycles. The number of hydrogen-bond donors (Lipinski definition) is 3. The molecule has 0 bridgehead atoms. The highest BCUT2D eigenvalue weighted by atomic mass is 35.5. The molecular formula is C19H19ClN2O4. The topological polar surface area (TPSA) is 87.7 Å². The second kappa shape index (κ2) is 9.03. The lowest BCUT2D eigenvalue weighted by Crippen LogP contribution is -2.29. The van der Waals surface area contributed by atoms with Gasteiger partial charge in [-0.05, 0) is 42.0 Å². The van der Waals surface area contributed by atoms with Crippen LogP contribution in [0.25, 0.3) is 0 Å². The van der Waals surface area contributed by atoms with Gasteiger partial charge in [-0.1, -0.05) is 30.3 Å². The minimum atomic E-state index is -0.499. The second-order valence-electron chi connectivity index (χ2n) is 5.41. The molecule has 2 amide bonds. The normalized spacial score (nSPS) is 11.5. The first kappa shape index (κ1) is 19.5. The molecule has 0 spiro atoms. The zero-order chi connectivity index (χ0) is 19.1. The van der Waals surface area contributed by atoms with Crippen LogP contribution in [0.4, 0.5) is 5.69 Å². The molecule has 7 heteroatoms. The van der Waals surface area contributed by atoms with Crippen molar-refractivity contribution < 1.29 is 19.4 Å². The number of rotatable bonds is 7. The molecule has 136 valence electrons. The van der Waals surface area contributed by atoms with Crippen molar-refractivity contribution in [2.24, 2.45) is 0 Å². The second-order valence-corrected chi connectivity index (χ2v) is 5.85. The van der Waals surface area contributed by atoms with Crippen molar-refractivity contribution in [1.82, 2.24) is 5.32 Å². The van der Waals surface area contributed by atoms with E-state index < -0.39 is 17.9 Å². The number of methoxy groups -OCH3 is 1. The summed E-state index contributed by atoms with van der Waals surface area (Å²) in [5.41, 5.74) is 1.22. The van der Waals surface area contributed by atoms with Gasteiger partial charge in [-0.15, -0.1) is 0 Å². The van der Waals surface area contributed by atoms with Crippen LogP contribution in [0.1, 0.15) is 22.0 Å². The smallest absolute Gasteiger partial charge is 0.255 e.